The van der Waals surface area contributed by atoms with Crippen LogP contribution in [0.5, 0.6) is 5.75 Å². The molecule has 1 aromatic rings. The molecule has 0 aliphatic heterocycles. The molecule has 134 valence electrons. The normalized spacial score (nSPS) is 11.5. The summed E-state index contributed by atoms with van der Waals surface area (Å²) in [6.07, 6.45) is 0. The van der Waals surface area contributed by atoms with Gasteiger partial charge in [-0.1, -0.05) is 12.1 Å². The van der Waals surface area contributed by atoms with Gasteiger partial charge in [0.25, 0.3) is 0 Å². The van der Waals surface area contributed by atoms with Crippen molar-refractivity contribution in [2.45, 2.75) is 26.4 Å². The largest absolute Gasteiger partial charge is 0.494 e. The monoisotopic (exact) mass is 337 g/mol. The second kappa shape index (κ2) is 9.77. The van der Waals surface area contributed by atoms with E-state index in [-0.39, 0.29) is 19.1 Å². The van der Waals surface area contributed by atoms with Crippen molar-refractivity contribution >= 4 is 11.9 Å². The number of hydrogen-bond acceptors (Lipinski definition) is 4. The minimum absolute atomic E-state index is 0.158. The average Bonchev–Trinajstić information content (AvgIpc) is 2.54. The standard InChI is InChI=1S/C17H27N3O4/c1-5-24-15-8-6-7-14(11-15)12-20(9-10-21)17(23)18-13(2)16(22)19(3)4/h6-8,11,13,21H,5,9-10,12H2,1-4H3,(H,18,23)/t13-/m1/s1. The predicted octanol–water partition coefficient (Wildman–Crippen LogP) is 1.07. The van der Waals surface area contributed by atoms with E-state index in [1.165, 1.54) is 9.80 Å². The summed E-state index contributed by atoms with van der Waals surface area (Å²) in [4.78, 5) is 27.1. The van der Waals surface area contributed by atoms with E-state index in [0.717, 1.165) is 11.3 Å². The SMILES string of the molecule is CCOc1cccc(CN(CCO)C(=O)N[C@H](C)C(=O)N(C)C)c1. The van der Waals surface area contributed by atoms with Gasteiger partial charge in [0.2, 0.25) is 5.91 Å². The van der Waals surface area contributed by atoms with Crippen LogP contribution < -0.4 is 10.1 Å². The molecule has 0 spiro atoms. The molecule has 1 rings (SSSR count). The molecule has 1 aromatic carbocycles. The lowest BCUT2D eigenvalue weighted by molar-refractivity contribution is -0.130. The number of ether oxygens (including phenoxy) is 1. The number of urea groups is 1. The Balaban J connectivity index is 2.77. The van der Waals surface area contributed by atoms with Gasteiger partial charge in [-0.3, -0.25) is 4.79 Å². The minimum atomic E-state index is -0.636. The first kappa shape index (κ1) is 19.8. The summed E-state index contributed by atoms with van der Waals surface area (Å²) in [5.74, 6) is 0.543. The van der Waals surface area contributed by atoms with Gasteiger partial charge in [-0.25, -0.2) is 4.79 Å². The Hall–Kier alpha value is -2.28. The molecule has 1 atom stereocenters. The van der Waals surface area contributed by atoms with Crippen molar-refractivity contribution in [1.82, 2.24) is 15.1 Å². The lowest BCUT2D eigenvalue weighted by Crippen LogP contribution is -2.49. The van der Waals surface area contributed by atoms with Gasteiger partial charge < -0.3 is 25.0 Å². The minimum Gasteiger partial charge on any atom is -0.494 e. The van der Waals surface area contributed by atoms with E-state index >= 15 is 0 Å². The topological polar surface area (TPSA) is 82.1 Å². The van der Waals surface area contributed by atoms with E-state index in [9.17, 15) is 14.7 Å². The molecule has 0 bridgehead atoms. The number of rotatable bonds is 8. The molecule has 2 N–H and O–H groups in total. The third kappa shape index (κ3) is 6.08. The first-order valence-corrected chi connectivity index (χ1v) is 7.98. The van der Waals surface area contributed by atoms with Gasteiger partial charge in [-0.05, 0) is 31.5 Å². The maximum atomic E-state index is 12.4. The summed E-state index contributed by atoms with van der Waals surface area (Å²) >= 11 is 0. The molecule has 7 heteroatoms. The zero-order chi connectivity index (χ0) is 18.1. The van der Waals surface area contributed by atoms with E-state index in [1.807, 2.05) is 31.2 Å². The van der Waals surface area contributed by atoms with Crippen LogP contribution >= 0.6 is 0 Å². The maximum absolute atomic E-state index is 12.4. The number of benzene rings is 1. The highest BCUT2D eigenvalue weighted by molar-refractivity contribution is 5.86. The Morgan fingerprint density at radius 3 is 2.62 bits per heavy atom. The summed E-state index contributed by atoms with van der Waals surface area (Å²) < 4.78 is 5.45. The molecule has 0 aliphatic rings. The van der Waals surface area contributed by atoms with Crippen LogP contribution in [-0.4, -0.2) is 66.7 Å². The highest BCUT2D eigenvalue weighted by atomic mass is 16.5. The quantitative estimate of drug-likeness (QED) is 0.743. The average molecular weight is 337 g/mol. The van der Waals surface area contributed by atoms with Crippen molar-refractivity contribution in [2.75, 3.05) is 33.9 Å². The smallest absolute Gasteiger partial charge is 0.318 e. The van der Waals surface area contributed by atoms with Crippen molar-refractivity contribution in [3.63, 3.8) is 0 Å². The van der Waals surface area contributed by atoms with E-state index in [4.69, 9.17) is 4.74 Å². The van der Waals surface area contributed by atoms with Crippen LogP contribution in [0.4, 0.5) is 4.79 Å². The number of likely N-dealkylation sites (N-methyl/N-ethyl adjacent to an activating group) is 1. The van der Waals surface area contributed by atoms with Crippen LogP contribution in [0.3, 0.4) is 0 Å². The first-order valence-electron chi connectivity index (χ1n) is 7.98. The van der Waals surface area contributed by atoms with E-state index < -0.39 is 12.1 Å². The molecule has 24 heavy (non-hydrogen) atoms. The number of amides is 3. The Kier molecular flexibility index (Phi) is 8.05. The molecule has 7 nitrogen and oxygen atoms in total. The Morgan fingerprint density at radius 1 is 1.33 bits per heavy atom. The van der Waals surface area contributed by atoms with Crippen LogP contribution in [0.1, 0.15) is 19.4 Å². The van der Waals surface area contributed by atoms with Crippen LogP contribution in [0, 0.1) is 0 Å². The summed E-state index contributed by atoms with van der Waals surface area (Å²) in [6, 6.07) is 6.41. The molecular formula is C17H27N3O4. The third-order valence-corrected chi connectivity index (χ3v) is 3.39. The predicted molar refractivity (Wildman–Crippen MR) is 91.8 cm³/mol. The van der Waals surface area contributed by atoms with E-state index in [2.05, 4.69) is 5.32 Å². The molecule has 0 saturated carbocycles. The molecule has 0 saturated heterocycles. The summed E-state index contributed by atoms with van der Waals surface area (Å²) in [5, 5.41) is 11.9. The number of carbonyl (C=O) groups is 2. The lowest BCUT2D eigenvalue weighted by atomic mass is 10.2. The highest BCUT2D eigenvalue weighted by Crippen LogP contribution is 2.15. The molecular weight excluding hydrogens is 310 g/mol. The van der Waals surface area contributed by atoms with Gasteiger partial charge in [0, 0.05) is 27.2 Å². The zero-order valence-corrected chi connectivity index (χ0v) is 14.8. The van der Waals surface area contributed by atoms with E-state index in [1.54, 1.807) is 21.0 Å². The van der Waals surface area contributed by atoms with Crippen LogP contribution in [0.15, 0.2) is 24.3 Å². The second-order valence-corrected chi connectivity index (χ2v) is 5.63. The second-order valence-electron chi connectivity index (χ2n) is 5.63. The van der Waals surface area contributed by atoms with Gasteiger partial charge >= 0.3 is 6.03 Å². The van der Waals surface area contributed by atoms with Crippen LogP contribution in [0.25, 0.3) is 0 Å². The van der Waals surface area contributed by atoms with Crippen LogP contribution in [-0.2, 0) is 11.3 Å². The number of aliphatic hydroxyl groups is 1. The first-order chi connectivity index (χ1) is 11.4. The number of carbonyl (C=O) groups excluding carboxylic acids is 2. The summed E-state index contributed by atoms with van der Waals surface area (Å²) in [6.45, 7) is 4.43. The number of aliphatic hydroxyl groups excluding tert-OH is 1. The third-order valence-electron chi connectivity index (χ3n) is 3.39. The molecule has 0 unspecified atom stereocenters. The summed E-state index contributed by atoms with van der Waals surface area (Å²) in [5.41, 5.74) is 0.885. The molecule has 0 aromatic heterocycles. The van der Waals surface area contributed by atoms with Gasteiger partial charge in [-0.2, -0.15) is 0 Å². The Bertz CT molecular complexity index is 548. The Labute approximate surface area is 143 Å². The van der Waals surface area contributed by atoms with Gasteiger partial charge in [0.15, 0.2) is 0 Å². The summed E-state index contributed by atoms with van der Waals surface area (Å²) in [7, 11) is 3.27. The van der Waals surface area contributed by atoms with Crippen molar-refractivity contribution in [3.05, 3.63) is 29.8 Å². The molecule has 0 heterocycles. The fourth-order valence-electron chi connectivity index (χ4n) is 2.22. The fraction of sp³-hybridized carbons (Fsp3) is 0.529. The van der Waals surface area contributed by atoms with Crippen molar-refractivity contribution in [2.24, 2.45) is 0 Å². The van der Waals surface area contributed by atoms with Crippen molar-refractivity contribution in [1.29, 1.82) is 0 Å². The fourth-order valence-corrected chi connectivity index (χ4v) is 2.22. The van der Waals surface area contributed by atoms with Gasteiger partial charge in [0.05, 0.1) is 13.2 Å². The van der Waals surface area contributed by atoms with Gasteiger partial charge in [0.1, 0.15) is 11.8 Å². The van der Waals surface area contributed by atoms with E-state index in [0.29, 0.717) is 13.2 Å². The number of nitrogens with one attached hydrogen (secondary N) is 1. The zero-order valence-electron chi connectivity index (χ0n) is 14.8. The molecule has 0 radical (unpaired) electrons. The number of hydrogen-bond donors (Lipinski definition) is 2. The molecule has 0 aliphatic carbocycles. The van der Waals surface area contributed by atoms with Gasteiger partial charge in [-0.15, -0.1) is 0 Å². The molecule has 0 fully saturated rings. The maximum Gasteiger partial charge on any atom is 0.318 e. The molecule has 3 amide bonds. The Morgan fingerprint density at radius 2 is 2.04 bits per heavy atom. The number of nitrogens with zero attached hydrogens (tertiary/aromatic N) is 2. The van der Waals surface area contributed by atoms with Crippen molar-refractivity contribution in [3.8, 4) is 5.75 Å². The lowest BCUT2D eigenvalue weighted by Gasteiger charge is -2.25. The van der Waals surface area contributed by atoms with Crippen molar-refractivity contribution < 1.29 is 19.4 Å². The highest BCUT2D eigenvalue weighted by Gasteiger charge is 2.21. The van der Waals surface area contributed by atoms with Crippen LogP contribution in [0.2, 0.25) is 0 Å².